The second-order valence-corrected chi connectivity index (χ2v) is 6.17. The minimum absolute atomic E-state index is 0. The van der Waals surface area contributed by atoms with Gasteiger partial charge in [-0.3, -0.25) is 0 Å². The van der Waals surface area contributed by atoms with Crippen molar-refractivity contribution in [2.24, 2.45) is 0 Å². The molecule has 120 valence electrons. The van der Waals surface area contributed by atoms with Crippen molar-refractivity contribution in [3.05, 3.63) is 24.3 Å². The van der Waals surface area contributed by atoms with Gasteiger partial charge in [-0.15, -0.1) is 17.0 Å². The molecule has 0 bridgehead atoms. The summed E-state index contributed by atoms with van der Waals surface area (Å²) in [5.74, 6) is 0. The number of carbonyl (C=O) groups excluding carboxylic acids is 1. The summed E-state index contributed by atoms with van der Waals surface area (Å²) in [6.45, 7) is 3.70. The number of likely N-dealkylation sites (tertiary alicyclic amines) is 1. The molecule has 3 rings (SSSR count). The Balaban J connectivity index is 0.00000176. The smallest absolute Gasteiger partial charge is 0.409 e. The van der Waals surface area contributed by atoms with Crippen LogP contribution < -0.4 is 4.90 Å². The topological polar surface area (TPSA) is 45.7 Å². The Bertz CT molecular complexity index is 616. The molecule has 7 heteroatoms. The summed E-state index contributed by atoms with van der Waals surface area (Å²) in [5, 5.41) is 1.01. The van der Waals surface area contributed by atoms with Crippen molar-refractivity contribution in [3.8, 4) is 0 Å². The highest BCUT2D eigenvalue weighted by Crippen LogP contribution is 2.30. The van der Waals surface area contributed by atoms with Gasteiger partial charge in [-0.25, -0.2) is 9.78 Å². The number of benzene rings is 1. The van der Waals surface area contributed by atoms with Crippen LogP contribution in [0.5, 0.6) is 0 Å². The SMILES string of the molecule is Br.CCOC(=O)N1CCC(N(C)c2nc3ccccc3s2)C1. The summed E-state index contributed by atoms with van der Waals surface area (Å²) < 4.78 is 6.26. The van der Waals surface area contributed by atoms with Crippen LogP contribution in [0.3, 0.4) is 0 Å². The van der Waals surface area contributed by atoms with Crippen molar-refractivity contribution in [2.45, 2.75) is 19.4 Å². The van der Waals surface area contributed by atoms with E-state index in [0.29, 0.717) is 19.2 Å². The van der Waals surface area contributed by atoms with Crippen molar-refractivity contribution >= 4 is 49.8 Å². The van der Waals surface area contributed by atoms with Gasteiger partial charge >= 0.3 is 6.09 Å². The lowest BCUT2D eigenvalue weighted by molar-refractivity contribution is 0.115. The largest absolute Gasteiger partial charge is 0.450 e. The molecule has 1 saturated heterocycles. The Labute approximate surface area is 144 Å². The lowest BCUT2D eigenvalue weighted by Gasteiger charge is -2.23. The molecule has 1 fully saturated rings. The number of hydrogen-bond acceptors (Lipinski definition) is 5. The van der Waals surface area contributed by atoms with Crippen LogP contribution in [0.1, 0.15) is 13.3 Å². The summed E-state index contributed by atoms with van der Waals surface area (Å²) in [4.78, 5) is 20.4. The van der Waals surface area contributed by atoms with E-state index in [-0.39, 0.29) is 23.1 Å². The van der Waals surface area contributed by atoms with Gasteiger partial charge < -0.3 is 14.5 Å². The van der Waals surface area contributed by atoms with Crippen LogP contribution in [-0.2, 0) is 4.74 Å². The van der Waals surface area contributed by atoms with Gasteiger partial charge in [0.05, 0.1) is 22.9 Å². The molecule has 1 aromatic heterocycles. The number of para-hydroxylation sites is 1. The van der Waals surface area contributed by atoms with E-state index in [0.717, 1.165) is 23.6 Å². The molecular formula is C15H20BrN3O2S. The molecule has 1 aliphatic rings. The Morgan fingerprint density at radius 3 is 3.00 bits per heavy atom. The highest BCUT2D eigenvalue weighted by molar-refractivity contribution is 8.93. The molecule has 2 aromatic rings. The Morgan fingerprint density at radius 2 is 2.27 bits per heavy atom. The van der Waals surface area contributed by atoms with E-state index in [1.54, 1.807) is 16.2 Å². The summed E-state index contributed by atoms with van der Waals surface area (Å²) in [6.07, 6.45) is 0.739. The monoisotopic (exact) mass is 385 g/mol. The molecular weight excluding hydrogens is 366 g/mol. The molecule has 1 unspecified atom stereocenters. The first-order chi connectivity index (χ1) is 10.2. The molecule has 0 spiro atoms. The average molecular weight is 386 g/mol. The fourth-order valence-corrected chi connectivity index (χ4v) is 3.60. The second kappa shape index (κ2) is 7.28. The standard InChI is InChI=1S/C15H19N3O2S.BrH/c1-3-20-15(19)18-9-8-11(10-18)17(2)14-16-12-6-4-5-7-13(12)21-14;/h4-7,11H,3,8-10H2,1-2H3;1H. The highest BCUT2D eigenvalue weighted by atomic mass is 79.9. The molecule has 1 atom stereocenters. The van der Waals surface area contributed by atoms with Crippen LogP contribution in [0.2, 0.25) is 0 Å². The van der Waals surface area contributed by atoms with Gasteiger partial charge in [-0.1, -0.05) is 23.5 Å². The van der Waals surface area contributed by atoms with Gasteiger partial charge in [0.1, 0.15) is 0 Å². The molecule has 0 aliphatic carbocycles. The molecule has 0 saturated carbocycles. The van der Waals surface area contributed by atoms with Crippen molar-refractivity contribution in [1.82, 2.24) is 9.88 Å². The van der Waals surface area contributed by atoms with Crippen molar-refractivity contribution in [2.75, 3.05) is 31.6 Å². The third-order valence-corrected chi connectivity index (χ3v) is 4.95. The van der Waals surface area contributed by atoms with Crippen LogP contribution in [-0.4, -0.2) is 48.8 Å². The van der Waals surface area contributed by atoms with Gasteiger partial charge in [-0.05, 0) is 25.5 Å². The number of nitrogens with zero attached hydrogens (tertiary/aromatic N) is 3. The van der Waals surface area contributed by atoms with Gasteiger partial charge in [0.25, 0.3) is 0 Å². The second-order valence-electron chi connectivity index (χ2n) is 5.16. The van der Waals surface area contributed by atoms with Gasteiger partial charge in [0, 0.05) is 20.1 Å². The van der Waals surface area contributed by atoms with Crippen LogP contribution >= 0.6 is 28.3 Å². The van der Waals surface area contributed by atoms with Crippen molar-refractivity contribution in [1.29, 1.82) is 0 Å². The average Bonchev–Trinajstić information content (AvgIpc) is 3.13. The molecule has 5 nitrogen and oxygen atoms in total. The lowest BCUT2D eigenvalue weighted by atomic mass is 10.2. The summed E-state index contributed by atoms with van der Waals surface area (Å²) in [7, 11) is 2.05. The molecule has 1 amide bonds. The molecule has 1 aliphatic heterocycles. The maximum Gasteiger partial charge on any atom is 0.409 e. The zero-order valence-corrected chi connectivity index (χ0v) is 15.2. The predicted molar refractivity (Wildman–Crippen MR) is 95.3 cm³/mol. The third kappa shape index (κ3) is 3.35. The number of thiazole rings is 1. The maximum atomic E-state index is 11.8. The normalized spacial score (nSPS) is 17.4. The number of ether oxygens (including phenoxy) is 1. The molecule has 1 aromatic carbocycles. The first kappa shape index (κ1) is 17.0. The zero-order chi connectivity index (χ0) is 14.8. The minimum atomic E-state index is -0.210. The van der Waals surface area contributed by atoms with Crippen molar-refractivity contribution < 1.29 is 9.53 Å². The summed E-state index contributed by atoms with van der Waals surface area (Å²) in [6, 6.07) is 8.45. The van der Waals surface area contributed by atoms with E-state index in [1.807, 2.05) is 25.1 Å². The third-order valence-electron chi connectivity index (χ3n) is 3.82. The molecule has 0 radical (unpaired) electrons. The van der Waals surface area contributed by atoms with Gasteiger partial charge in [0.15, 0.2) is 5.13 Å². The zero-order valence-electron chi connectivity index (χ0n) is 12.7. The van der Waals surface area contributed by atoms with E-state index < -0.39 is 0 Å². The Hall–Kier alpha value is -1.34. The first-order valence-electron chi connectivity index (χ1n) is 7.19. The van der Waals surface area contributed by atoms with E-state index in [1.165, 1.54) is 4.70 Å². The number of halogens is 1. The number of rotatable bonds is 3. The van der Waals surface area contributed by atoms with Gasteiger partial charge in [0.2, 0.25) is 0 Å². The summed E-state index contributed by atoms with van der Waals surface area (Å²) in [5.41, 5.74) is 1.03. The number of hydrogen-bond donors (Lipinski definition) is 0. The number of likely N-dealkylation sites (N-methyl/N-ethyl adjacent to an activating group) is 1. The fraction of sp³-hybridized carbons (Fsp3) is 0.467. The highest BCUT2D eigenvalue weighted by Gasteiger charge is 2.30. The predicted octanol–water partition coefficient (Wildman–Crippen LogP) is 3.54. The molecule has 2 heterocycles. The molecule has 0 N–H and O–H groups in total. The van der Waals surface area contributed by atoms with Crippen molar-refractivity contribution in [3.63, 3.8) is 0 Å². The Morgan fingerprint density at radius 1 is 1.50 bits per heavy atom. The number of anilines is 1. The number of fused-ring (bicyclic) bond motifs is 1. The summed E-state index contributed by atoms with van der Waals surface area (Å²) >= 11 is 1.69. The maximum absolute atomic E-state index is 11.8. The fourth-order valence-electron chi connectivity index (χ4n) is 2.61. The Kier molecular flexibility index (Phi) is 5.63. The van der Waals surface area contributed by atoms with E-state index in [9.17, 15) is 4.79 Å². The van der Waals surface area contributed by atoms with Crippen LogP contribution in [0.15, 0.2) is 24.3 Å². The van der Waals surface area contributed by atoms with Crippen LogP contribution in [0, 0.1) is 0 Å². The minimum Gasteiger partial charge on any atom is -0.450 e. The van der Waals surface area contributed by atoms with E-state index in [4.69, 9.17) is 4.74 Å². The quantitative estimate of drug-likeness (QED) is 0.810. The van der Waals surface area contributed by atoms with Crippen LogP contribution in [0.25, 0.3) is 10.2 Å². The number of aromatic nitrogens is 1. The first-order valence-corrected chi connectivity index (χ1v) is 8.00. The molecule has 22 heavy (non-hydrogen) atoms. The van der Waals surface area contributed by atoms with E-state index >= 15 is 0 Å². The number of amides is 1. The lowest BCUT2D eigenvalue weighted by Crippen LogP contribution is -2.36. The number of carbonyl (C=O) groups is 1. The van der Waals surface area contributed by atoms with Gasteiger partial charge in [-0.2, -0.15) is 0 Å². The van der Waals surface area contributed by atoms with Crippen LogP contribution in [0.4, 0.5) is 9.93 Å². The van der Waals surface area contributed by atoms with E-state index in [2.05, 4.69) is 23.0 Å².